The first-order valence-electron chi connectivity index (χ1n) is 14.8. The first-order valence-corrected chi connectivity index (χ1v) is 14.8. The van der Waals surface area contributed by atoms with E-state index in [1.54, 1.807) is 9.80 Å². The number of benzene rings is 2. The van der Waals surface area contributed by atoms with Gasteiger partial charge in [0.05, 0.1) is 30.2 Å². The molecule has 2 amide bonds. The largest absolute Gasteiger partial charge is 0.387 e. The van der Waals surface area contributed by atoms with Crippen LogP contribution in [0.15, 0.2) is 59.7 Å². The van der Waals surface area contributed by atoms with E-state index in [1.165, 1.54) is 17.0 Å². The van der Waals surface area contributed by atoms with Gasteiger partial charge in [0.15, 0.2) is 0 Å². The molecule has 42 heavy (non-hydrogen) atoms. The Morgan fingerprint density at radius 1 is 1.10 bits per heavy atom. The molecular weight excluding hydrogens is 540 g/mol. The third-order valence-corrected chi connectivity index (χ3v) is 9.54. The maximum absolute atomic E-state index is 14.7. The smallest absolute Gasteiger partial charge is 0.320 e. The summed E-state index contributed by atoms with van der Waals surface area (Å²) in [6, 6.07) is 11.8. The summed E-state index contributed by atoms with van der Waals surface area (Å²) in [5.41, 5.74) is 0.662. The number of carbonyl (C=O) groups is 1. The predicted octanol–water partition coefficient (Wildman–Crippen LogP) is 4.26. The van der Waals surface area contributed by atoms with Crippen LogP contribution >= 0.6 is 0 Å². The maximum Gasteiger partial charge on any atom is 0.320 e. The molecule has 6 rings (SSSR count). The second-order valence-corrected chi connectivity index (χ2v) is 12.2. The molecule has 3 aromatic rings. The molecule has 2 saturated heterocycles. The van der Waals surface area contributed by atoms with E-state index in [-0.39, 0.29) is 23.7 Å². The van der Waals surface area contributed by atoms with Crippen LogP contribution in [0.2, 0.25) is 0 Å². The summed E-state index contributed by atoms with van der Waals surface area (Å²) in [4.78, 5) is 35.1. The number of carbonyl (C=O) groups excluding carboxylic acids is 1. The molecule has 1 aromatic heterocycles. The fourth-order valence-corrected chi connectivity index (χ4v) is 7.21. The number of rotatable bonds is 4. The van der Waals surface area contributed by atoms with E-state index in [4.69, 9.17) is 0 Å². The molecule has 8 nitrogen and oxygen atoms in total. The second kappa shape index (κ2) is 11.2. The Labute approximate surface area is 244 Å². The molecule has 0 radical (unpaired) electrons. The van der Waals surface area contributed by atoms with Gasteiger partial charge in [0, 0.05) is 55.3 Å². The van der Waals surface area contributed by atoms with Crippen LogP contribution in [0.4, 0.5) is 13.6 Å². The van der Waals surface area contributed by atoms with Crippen LogP contribution < -0.4 is 10.9 Å². The molecule has 3 aliphatic rings. The van der Waals surface area contributed by atoms with Gasteiger partial charge >= 0.3 is 6.03 Å². The highest BCUT2D eigenvalue weighted by Crippen LogP contribution is 2.52. The van der Waals surface area contributed by atoms with Gasteiger partial charge in [-0.25, -0.2) is 18.6 Å². The van der Waals surface area contributed by atoms with E-state index in [9.17, 15) is 23.5 Å². The van der Waals surface area contributed by atoms with Crippen molar-refractivity contribution in [2.24, 2.45) is 5.41 Å². The summed E-state index contributed by atoms with van der Waals surface area (Å²) in [5, 5.41) is 15.4. The van der Waals surface area contributed by atoms with Gasteiger partial charge in [-0.15, -0.1) is 0 Å². The molecule has 2 unspecified atom stereocenters. The second-order valence-electron chi connectivity index (χ2n) is 12.2. The average Bonchev–Trinajstić information content (AvgIpc) is 3.46. The van der Waals surface area contributed by atoms with Crippen molar-refractivity contribution in [1.29, 1.82) is 0 Å². The van der Waals surface area contributed by atoms with E-state index >= 15 is 0 Å². The van der Waals surface area contributed by atoms with Crippen LogP contribution in [-0.2, 0) is 6.54 Å². The highest BCUT2D eigenvalue weighted by molar-refractivity contribution is 5.75. The number of urea groups is 1. The zero-order chi connectivity index (χ0) is 29.5. The normalized spacial score (nSPS) is 23.9. The lowest BCUT2D eigenvalue weighted by atomic mass is 9.66. The highest BCUT2D eigenvalue weighted by atomic mass is 19.1. The Bertz CT molecular complexity index is 1540. The van der Waals surface area contributed by atoms with Crippen molar-refractivity contribution in [3.8, 4) is 11.3 Å². The molecule has 1 aliphatic carbocycles. The molecule has 2 N–H and O–H groups in total. The Kier molecular flexibility index (Phi) is 7.61. The van der Waals surface area contributed by atoms with Gasteiger partial charge in [-0.05, 0) is 50.5 Å². The lowest BCUT2D eigenvalue weighted by Gasteiger charge is -2.53. The summed E-state index contributed by atoms with van der Waals surface area (Å²) in [6.07, 6.45) is 5.14. The Balaban J connectivity index is 1.23. The van der Waals surface area contributed by atoms with Crippen molar-refractivity contribution in [2.45, 2.75) is 57.2 Å². The van der Waals surface area contributed by atoms with Gasteiger partial charge in [-0.3, -0.25) is 9.36 Å². The molecule has 3 fully saturated rings. The average molecular weight is 578 g/mol. The van der Waals surface area contributed by atoms with Crippen molar-refractivity contribution in [3.63, 3.8) is 0 Å². The lowest BCUT2D eigenvalue weighted by molar-refractivity contribution is -0.137. The minimum atomic E-state index is -1.20. The van der Waals surface area contributed by atoms with E-state index in [0.29, 0.717) is 44.8 Å². The Morgan fingerprint density at radius 3 is 2.67 bits per heavy atom. The molecule has 222 valence electrons. The minimum absolute atomic E-state index is 0.0969. The lowest BCUT2D eigenvalue weighted by Crippen LogP contribution is -2.64. The first-order chi connectivity index (χ1) is 20.2. The third-order valence-electron chi connectivity index (χ3n) is 9.54. The summed E-state index contributed by atoms with van der Waals surface area (Å²) in [7, 11) is 0. The standard InChI is InChI=1S/C32H37F2N5O3/c1-22-5-4-6-23(15-22)27-17-29(40)38(21-36-27)20-32(42)11-13-37(19-31(32)9-2-3-10-31)30(41)39-14-12-35-18-28(39)25-16-24(33)7-8-26(25)34/h4-8,15-17,21,28,35,42H,2-3,9-14,18-20H2,1H3. The van der Waals surface area contributed by atoms with E-state index in [0.717, 1.165) is 55.0 Å². The zero-order valence-corrected chi connectivity index (χ0v) is 23.9. The monoisotopic (exact) mass is 577 g/mol. The number of hydrogen-bond donors (Lipinski definition) is 2. The van der Waals surface area contributed by atoms with Crippen molar-refractivity contribution in [1.82, 2.24) is 24.7 Å². The summed E-state index contributed by atoms with van der Waals surface area (Å²) >= 11 is 0. The minimum Gasteiger partial charge on any atom is -0.387 e. The number of piperazine rings is 1. The van der Waals surface area contributed by atoms with E-state index < -0.39 is 28.7 Å². The molecule has 1 spiro atoms. The fourth-order valence-electron chi connectivity index (χ4n) is 7.21. The van der Waals surface area contributed by atoms with Crippen molar-refractivity contribution < 1.29 is 18.7 Å². The first kappa shape index (κ1) is 28.5. The number of aryl methyl sites for hydroxylation is 1. The van der Waals surface area contributed by atoms with Gasteiger partial charge in [0.2, 0.25) is 0 Å². The number of aliphatic hydroxyl groups is 1. The highest BCUT2D eigenvalue weighted by Gasteiger charge is 2.56. The number of likely N-dealkylation sites (tertiary alicyclic amines) is 1. The van der Waals surface area contributed by atoms with Gasteiger partial charge in [-0.2, -0.15) is 0 Å². The summed E-state index contributed by atoms with van der Waals surface area (Å²) < 4.78 is 30.3. The van der Waals surface area contributed by atoms with Crippen molar-refractivity contribution in [2.75, 3.05) is 32.7 Å². The zero-order valence-electron chi connectivity index (χ0n) is 23.9. The molecule has 2 atom stereocenters. The number of aromatic nitrogens is 2. The maximum atomic E-state index is 14.7. The molecule has 2 aliphatic heterocycles. The van der Waals surface area contributed by atoms with E-state index in [2.05, 4.69) is 10.3 Å². The number of hydrogen-bond acceptors (Lipinski definition) is 5. The molecule has 10 heteroatoms. The Morgan fingerprint density at radius 2 is 1.90 bits per heavy atom. The number of nitrogens with zero attached hydrogens (tertiary/aromatic N) is 4. The van der Waals surface area contributed by atoms with Crippen LogP contribution in [0.3, 0.4) is 0 Å². The number of amides is 2. The van der Waals surface area contributed by atoms with Crippen molar-refractivity contribution >= 4 is 6.03 Å². The van der Waals surface area contributed by atoms with Crippen LogP contribution in [0.5, 0.6) is 0 Å². The SMILES string of the molecule is Cc1cccc(-c2cc(=O)n(CC3(O)CCN(C(=O)N4CCNCC4c4cc(F)ccc4F)CC34CCCC4)cn2)c1. The fraction of sp³-hybridized carbons (Fsp3) is 0.469. The summed E-state index contributed by atoms with van der Waals surface area (Å²) in [5.74, 6) is -1.09. The van der Waals surface area contributed by atoms with Crippen LogP contribution in [-0.4, -0.2) is 68.8 Å². The molecule has 1 saturated carbocycles. The molecule has 2 aromatic carbocycles. The van der Waals surface area contributed by atoms with Gasteiger partial charge in [0.25, 0.3) is 5.56 Å². The van der Waals surface area contributed by atoms with Crippen molar-refractivity contribution in [3.05, 3.63) is 88.0 Å². The molecule has 3 heterocycles. The van der Waals surface area contributed by atoms with E-state index in [1.807, 2.05) is 31.2 Å². The van der Waals surface area contributed by atoms with Crippen LogP contribution in [0, 0.1) is 24.0 Å². The quantitative estimate of drug-likeness (QED) is 0.484. The summed E-state index contributed by atoms with van der Waals surface area (Å²) in [6.45, 7) is 3.96. The van der Waals surface area contributed by atoms with Crippen LogP contribution in [0.25, 0.3) is 11.3 Å². The Hall–Kier alpha value is -3.63. The topological polar surface area (TPSA) is 90.7 Å². The molecule has 0 bridgehead atoms. The molecular formula is C32H37F2N5O3. The van der Waals surface area contributed by atoms with Gasteiger partial charge in [-0.1, -0.05) is 36.6 Å². The number of halogens is 2. The third kappa shape index (κ3) is 5.22. The van der Waals surface area contributed by atoms with Gasteiger partial charge in [0.1, 0.15) is 11.6 Å². The van der Waals surface area contributed by atoms with Gasteiger partial charge < -0.3 is 20.2 Å². The number of nitrogens with one attached hydrogen (secondary N) is 1. The number of piperidine rings is 1. The van der Waals surface area contributed by atoms with Crippen LogP contribution in [0.1, 0.15) is 49.3 Å². The predicted molar refractivity (Wildman–Crippen MR) is 155 cm³/mol.